The number of carbonyl (C=O) groups is 1. The SMILES string of the molecule is O=C(Nc1cc(C(F)(F)F)ccc1Cl)C1CCN(c2ccc(-c3cccnc3)nn2)CC1. The van der Waals surface area contributed by atoms with Crippen LogP contribution in [0.15, 0.2) is 54.9 Å². The number of benzene rings is 1. The molecule has 1 aliphatic rings. The molecule has 6 nitrogen and oxygen atoms in total. The zero-order valence-corrected chi connectivity index (χ0v) is 17.6. The Balaban J connectivity index is 1.36. The quantitative estimate of drug-likeness (QED) is 0.587. The van der Waals surface area contributed by atoms with Gasteiger partial charge in [0.25, 0.3) is 0 Å². The maximum atomic E-state index is 12.9. The second-order valence-corrected chi connectivity index (χ2v) is 7.87. The number of hydrogen-bond donors (Lipinski definition) is 1. The van der Waals surface area contributed by atoms with E-state index < -0.39 is 11.7 Å². The molecule has 1 N–H and O–H groups in total. The minimum absolute atomic E-state index is 0.0363. The van der Waals surface area contributed by atoms with Gasteiger partial charge in [0.05, 0.1) is 22.0 Å². The van der Waals surface area contributed by atoms with E-state index in [1.807, 2.05) is 29.2 Å². The lowest BCUT2D eigenvalue weighted by Gasteiger charge is -2.32. The van der Waals surface area contributed by atoms with Crippen LogP contribution in [0.25, 0.3) is 11.3 Å². The van der Waals surface area contributed by atoms with Crippen molar-refractivity contribution in [3.63, 3.8) is 0 Å². The van der Waals surface area contributed by atoms with E-state index in [9.17, 15) is 18.0 Å². The number of pyridine rings is 1. The van der Waals surface area contributed by atoms with E-state index in [2.05, 4.69) is 20.5 Å². The van der Waals surface area contributed by atoms with E-state index in [0.717, 1.165) is 23.8 Å². The first-order valence-electron chi connectivity index (χ1n) is 9.98. The average molecular weight is 462 g/mol. The first-order valence-corrected chi connectivity index (χ1v) is 10.4. The fourth-order valence-corrected chi connectivity index (χ4v) is 3.73. The summed E-state index contributed by atoms with van der Waals surface area (Å²) < 4.78 is 38.8. The highest BCUT2D eigenvalue weighted by Crippen LogP contribution is 2.34. The normalized spacial score (nSPS) is 14.9. The Labute approximate surface area is 187 Å². The zero-order valence-electron chi connectivity index (χ0n) is 16.8. The Kier molecular flexibility index (Phi) is 6.27. The van der Waals surface area contributed by atoms with Gasteiger partial charge in [-0.25, -0.2) is 0 Å². The second kappa shape index (κ2) is 9.12. The van der Waals surface area contributed by atoms with Crippen LogP contribution in [0.4, 0.5) is 24.7 Å². The van der Waals surface area contributed by atoms with Crippen molar-refractivity contribution >= 4 is 29.0 Å². The highest BCUT2D eigenvalue weighted by Gasteiger charge is 2.32. The molecule has 4 rings (SSSR count). The monoisotopic (exact) mass is 461 g/mol. The second-order valence-electron chi connectivity index (χ2n) is 7.46. The summed E-state index contributed by atoms with van der Waals surface area (Å²) in [7, 11) is 0. The summed E-state index contributed by atoms with van der Waals surface area (Å²) in [6, 6.07) is 10.3. The van der Waals surface area contributed by atoms with Crippen LogP contribution in [0, 0.1) is 5.92 Å². The number of carbonyl (C=O) groups excluding carboxylic acids is 1. The van der Waals surface area contributed by atoms with Crippen LogP contribution in [0.2, 0.25) is 5.02 Å². The number of hydrogen-bond acceptors (Lipinski definition) is 5. The van der Waals surface area contributed by atoms with Crippen molar-refractivity contribution in [3.05, 3.63) is 65.4 Å². The molecule has 166 valence electrons. The van der Waals surface area contributed by atoms with E-state index >= 15 is 0 Å². The third-order valence-corrected chi connectivity index (χ3v) is 5.68. The third kappa shape index (κ3) is 4.99. The first kappa shape index (κ1) is 22.0. The van der Waals surface area contributed by atoms with Crippen molar-refractivity contribution in [2.24, 2.45) is 5.92 Å². The van der Waals surface area contributed by atoms with Crippen LogP contribution in [-0.4, -0.2) is 34.2 Å². The highest BCUT2D eigenvalue weighted by atomic mass is 35.5. The number of amides is 1. The van der Waals surface area contributed by atoms with Gasteiger partial charge in [-0.3, -0.25) is 9.78 Å². The smallest absolute Gasteiger partial charge is 0.355 e. The van der Waals surface area contributed by atoms with Crippen LogP contribution in [-0.2, 0) is 11.0 Å². The summed E-state index contributed by atoms with van der Waals surface area (Å²) in [6.07, 6.45) is -0.0388. The number of piperidine rings is 1. The highest BCUT2D eigenvalue weighted by molar-refractivity contribution is 6.33. The maximum absolute atomic E-state index is 12.9. The molecule has 0 bridgehead atoms. The molecule has 0 atom stereocenters. The summed E-state index contributed by atoms with van der Waals surface area (Å²) in [4.78, 5) is 18.7. The molecule has 32 heavy (non-hydrogen) atoms. The summed E-state index contributed by atoms with van der Waals surface area (Å²) in [5.41, 5.74) is 0.690. The van der Waals surface area contributed by atoms with E-state index in [1.165, 1.54) is 0 Å². The standard InChI is InChI=1S/C22H19ClF3N5O/c23-17-4-3-16(22(24,25)26)12-19(17)28-21(32)14-7-10-31(11-8-14)20-6-5-18(29-30-20)15-2-1-9-27-13-15/h1-6,9,12-14H,7-8,10-11H2,(H,28,32). The lowest BCUT2D eigenvalue weighted by atomic mass is 9.95. The topological polar surface area (TPSA) is 71.0 Å². The number of nitrogens with one attached hydrogen (secondary N) is 1. The molecule has 0 spiro atoms. The van der Waals surface area contributed by atoms with Gasteiger partial charge in [0.1, 0.15) is 0 Å². The zero-order chi connectivity index (χ0) is 22.7. The van der Waals surface area contributed by atoms with Gasteiger partial charge in [-0.05, 0) is 55.3 Å². The van der Waals surface area contributed by atoms with E-state index in [0.29, 0.717) is 37.4 Å². The molecule has 0 aliphatic carbocycles. The van der Waals surface area contributed by atoms with Gasteiger partial charge in [0.2, 0.25) is 5.91 Å². The molecule has 1 aliphatic heterocycles. The number of anilines is 2. The molecule has 1 amide bonds. The maximum Gasteiger partial charge on any atom is 0.416 e. The van der Waals surface area contributed by atoms with Crippen LogP contribution < -0.4 is 10.2 Å². The number of rotatable bonds is 4. The van der Waals surface area contributed by atoms with Gasteiger partial charge < -0.3 is 10.2 Å². The summed E-state index contributed by atoms with van der Waals surface area (Å²) in [5, 5.41) is 11.2. The third-order valence-electron chi connectivity index (χ3n) is 5.35. The average Bonchev–Trinajstić information content (AvgIpc) is 2.80. The van der Waals surface area contributed by atoms with Crippen LogP contribution >= 0.6 is 11.6 Å². The fraction of sp³-hybridized carbons (Fsp3) is 0.273. The minimum atomic E-state index is -4.51. The Morgan fingerprint density at radius 1 is 1.09 bits per heavy atom. The van der Waals surface area contributed by atoms with Gasteiger partial charge >= 0.3 is 6.18 Å². The molecular weight excluding hydrogens is 443 g/mol. The number of nitrogens with zero attached hydrogens (tertiary/aromatic N) is 4. The Hall–Kier alpha value is -3.20. The van der Waals surface area contributed by atoms with Gasteiger partial charge in [0.15, 0.2) is 5.82 Å². The molecule has 0 saturated carbocycles. The van der Waals surface area contributed by atoms with Crippen molar-refractivity contribution in [2.45, 2.75) is 19.0 Å². The van der Waals surface area contributed by atoms with Crippen molar-refractivity contribution < 1.29 is 18.0 Å². The molecule has 1 fully saturated rings. The number of halogens is 4. The molecule has 3 heterocycles. The van der Waals surface area contributed by atoms with Gasteiger partial charge in [0, 0.05) is 37.0 Å². The summed E-state index contributed by atoms with van der Waals surface area (Å²) in [5.74, 6) is 0.0285. The Morgan fingerprint density at radius 3 is 2.50 bits per heavy atom. The first-order chi connectivity index (χ1) is 15.3. The predicted molar refractivity (Wildman–Crippen MR) is 115 cm³/mol. The lowest BCUT2D eigenvalue weighted by Crippen LogP contribution is -2.38. The van der Waals surface area contributed by atoms with E-state index in [4.69, 9.17) is 11.6 Å². The molecule has 0 unspecified atom stereocenters. The Bertz CT molecular complexity index is 1080. The summed E-state index contributed by atoms with van der Waals surface area (Å²) >= 11 is 5.98. The van der Waals surface area contributed by atoms with Crippen molar-refractivity contribution in [1.29, 1.82) is 0 Å². The fourth-order valence-electron chi connectivity index (χ4n) is 3.57. The molecule has 1 aromatic carbocycles. The van der Waals surface area contributed by atoms with Gasteiger partial charge in [-0.2, -0.15) is 13.2 Å². The molecule has 3 aromatic rings. The molecule has 10 heteroatoms. The van der Waals surface area contributed by atoms with Crippen molar-refractivity contribution in [2.75, 3.05) is 23.3 Å². The molecule has 2 aromatic heterocycles. The van der Waals surface area contributed by atoms with Gasteiger partial charge in [-0.1, -0.05) is 11.6 Å². The number of alkyl halides is 3. The van der Waals surface area contributed by atoms with E-state index in [-0.39, 0.29) is 22.5 Å². The molecule has 0 radical (unpaired) electrons. The number of aromatic nitrogens is 3. The largest absolute Gasteiger partial charge is 0.416 e. The Morgan fingerprint density at radius 2 is 1.88 bits per heavy atom. The van der Waals surface area contributed by atoms with Crippen molar-refractivity contribution in [1.82, 2.24) is 15.2 Å². The molecule has 1 saturated heterocycles. The molecular formula is C22H19ClF3N5O. The van der Waals surface area contributed by atoms with Crippen molar-refractivity contribution in [3.8, 4) is 11.3 Å². The van der Waals surface area contributed by atoms with E-state index in [1.54, 1.807) is 12.4 Å². The van der Waals surface area contributed by atoms with Crippen LogP contribution in [0.5, 0.6) is 0 Å². The van der Waals surface area contributed by atoms with Crippen LogP contribution in [0.1, 0.15) is 18.4 Å². The summed E-state index contributed by atoms with van der Waals surface area (Å²) in [6.45, 7) is 1.16. The predicted octanol–water partition coefficient (Wildman–Crippen LogP) is 5.07. The van der Waals surface area contributed by atoms with Gasteiger partial charge in [-0.15, -0.1) is 10.2 Å². The minimum Gasteiger partial charge on any atom is -0.355 e. The van der Waals surface area contributed by atoms with Crippen LogP contribution in [0.3, 0.4) is 0 Å². The lowest BCUT2D eigenvalue weighted by molar-refractivity contribution is -0.137.